The lowest BCUT2D eigenvalue weighted by molar-refractivity contribution is -0.132. The minimum absolute atomic E-state index is 0.0800. The zero-order valence-corrected chi connectivity index (χ0v) is 19.9. The molecule has 1 saturated heterocycles. The number of hydrogen-bond donors (Lipinski definition) is 3. The van der Waals surface area contributed by atoms with E-state index in [2.05, 4.69) is 46.8 Å². The van der Waals surface area contributed by atoms with Crippen LogP contribution in [0.3, 0.4) is 0 Å². The van der Waals surface area contributed by atoms with Crippen LogP contribution in [0.15, 0.2) is 41.3 Å². The fourth-order valence-electron chi connectivity index (χ4n) is 3.74. The molecule has 3 aromatic heterocycles. The second kappa shape index (κ2) is 9.32. The number of carbonyl (C=O) groups excluding carboxylic acids is 2. The zero-order valence-electron chi connectivity index (χ0n) is 17.5. The van der Waals surface area contributed by atoms with Gasteiger partial charge in [-0.1, -0.05) is 11.3 Å². The molecule has 10 nitrogen and oxygen atoms in total. The molecule has 0 radical (unpaired) electrons. The number of anilines is 3. The molecule has 0 unspecified atom stereocenters. The first kappa shape index (κ1) is 21.6. The van der Waals surface area contributed by atoms with Gasteiger partial charge in [0.25, 0.3) is 5.91 Å². The highest BCUT2D eigenvalue weighted by atomic mass is 79.9. The van der Waals surface area contributed by atoms with E-state index < -0.39 is 0 Å². The van der Waals surface area contributed by atoms with Gasteiger partial charge in [-0.05, 0) is 47.3 Å². The van der Waals surface area contributed by atoms with Gasteiger partial charge in [0.05, 0.1) is 23.6 Å². The molecular weight excluding hydrogens is 508 g/mol. The summed E-state index contributed by atoms with van der Waals surface area (Å²) in [5, 5.41) is 18.7. The van der Waals surface area contributed by atoms with Crippen LogP contribution < -0.4 is 10.6 Å². The van der Waals surface area contributed by atoms with E-state index in [1.807, 2.05) is 17.0 Å². The van der Waals surface area contributed by atoms with Crippen LogP contribution >= 0.6 is 27.3 Å². The first-order valence-corrected chi connectivity index (χ1v) is 12.1. The summed E-state index contributed by atoms with van der Waals surface area (Å²) in [7, 11) is 0. The Morgan fingerprint density at radius 1 is 1.15 bits per heavy atom. The topological polar surface area (TPSA) is 121 Å². The van der Waals surface area contributed by atoms with E-state index in [1.54, 1.807) is 23.1 Å². The van der Waals surface area contributed by atoms with Gasteiger partial charge in [-0.3, -0.25) is 19.4 Å². The SMILES string of the molecule is O=C(Nc1c(Br)ccc2[nH]ncc12)c1cnc(Nc2ccn(CC(=O)N3CCCCC3)n2)s1. The molecule has 1 fully saturated rings. The Hall–Kier alpha value is -3.25. The van der Waals surface area contributed by atoms with Gasteiger partial charge in [-0.25, -0.2) is 4.98 Å². The summed E-state index contributed by atoms with van der Waals surface area (Å²) in [6.45, 7) is 1.85. The molecule has 0 saturated carbocycles. The summed E-state index contributed by atoms with van der Waals surface area (Å²) in [6, 6.07) is 5.51. The number of nitrogens with one attached hydrogen (secondary N) is 3. The summed E-state index contributed by atoms with van der Waals surface area (Å²) < 4.78 is 2.38. The van der Waals surface area contributed by atoms with Crippen molar-refractivity contribution in [2.24, 2.45) is 0 Å². The number of thiazole rings is 1. The third-order valence-electron chi connectivity index (χ3n) is 5.42. The van der Waals surface area contributed by atoms with Crippen LogP contribution in [0, 0.1) is 0 Å². The van der Waals surface area contributed by atoms with Crippen molar-refractivity contribution >= 4 is 66.6 Å². The number of halogens is 1. The van der Waals surface area contributed by atoms with Gasteiger partial charge in [-0.2, -0.15) is 10.2 Å². The number of nitrogens with zero attached hydrogens (tertiary/aromatic N) is 5. The normalized spacial score (nSPS) is 13.9. The molecular formula is C21H21BrN8O2S. The van der Waals surface area contributed by atoms with Crippen LogP contribution in [-0.2, 0) is 11.3 Å². The van der Waals surface area contributed by atoms with Crippen LogP contribution in [0.2, 0.25) is 0 Å². The van der Waals surface area contributed by atoms with Gasteiger partial charge in [-0.15, -0.1) is 0 Å². The van der Waals surface area contributed by atoms with E-state index >= 15 is 0 Å². The summed E-state index contributed by atoms with van der Waals surface area (Å²) in [5.41, 5.74) is 1.47. The predicted molar refractivity (Wildman–Crippen MR) is 130 cm³/mol. The Labute approximate surface area is 201 Å². The molecule has 33 heavy (non-hydrogen) atoms. The first-order chi connectivity index (χ1) is 16.1. The van der Waals surface area contributed by atoms with Crippen molar-refractivity contribution in [3.8, 4) is 0 Å². The number of likely N-dealkylation sites (tertiary alicyclic amines) is 1. The molecule has 1 aliphatic heterocycles. The molecule has 170 valence electrons. The van der Waals surface area contributed by atoms with Gasteiger partial charge in [0.1, 0.15) is 11.4 Å². The molecule has 2 amide bonds. The minimum Gasteiger partial charge on any atom is -0.341 e. The highest BCUT2D eigenvalue weighted by Gasteiger charge is 2.18. The number of amides is 2. The Morgan fingerprint density at radius 3 is 2.85 bits per heavy atom. The number of fused-ring (bicyclic) bond motifs is 1. The molecule has 0 aliphatic carbocycles. The van der Waals surface area contributed by atoms with Crippen LogP contribution in [0.4, 0.5) is 16.6 Å². The smallest absolute Gasteiger partial charge is 0.267 e. The number of benzene rings is 1. The van der Waals surface area contributed by atoms with Crippen molar-refractivity contribution in [2.45, 2.75) is 25.8 Å². The van der Waals surface area contributed by atoms with Crippen LogP contribution in [0.25, 0.3) is 10.9 Å². The molecule has 1 aromatic carbocycles. The van der Waals surface area contributed by atoms with Crippen LogP contribution in [0.1, 0.15) is 28.9 Å². The Bertz CT molecular complexity index is 1310. The summed E-state index contributed by atoms with van der Waals surface area (Å²) in [6.07, 6.45) is 8.25. The molecule has 5 rings (SSSR count). The predicted octanol–water partition coefficient (Wildman–Crippen LogP) is 3.99. The van der Waals surface area contributed by atoms with Gasteiger partial charge >= 0.3 is 0 Å². The third kappa shape index (κ3) is 4.76. The summed E-state index contributed by atoms with van der Waals surface area (Å²) in [4.78, 5) is 31.9. The van der Waals surface area contributed by atoms with Crippen molar-refractivity contribution in [1.82, 2.24) is 29.9 Å². The minimum atomic E-state index is -0.271. The fourth-order valence-corrected chi connectivity index (χ4v) is 4.90. The van der Waals surface area contributed by atoms with Crippen LogP contribution in [0.5, 0.6) is 0 Å². The molecule has 12 heteroatoms. The lowest BCUT2D eigenvalue weighted by Crippen LogP contribution is -2.37. The summed E-state index contributed by atoms with van der Waals surface area (Å²) in [5.74, 6) is 0.373. The number of hydrogen-bond acceptors (Lipinski definition) is 7. The van der Waals surface area contributed by atoms with Gasteiger partial charge in [0.2, 0.25) is 5.91 Å². The zero-order chi connectivity index (χ0) is 22.8. The standard InChI is InChI=1S/C21H21BrN8O2S/c22-14-4-5-15-13(10-24-27-15)19(14)26-20(32)16-11-23-21(33-16)25-17-6-9-30(28-17)12-18(31)29-7-2-1-3-8-29/h4-6,9-11H,1-3,7-8,12H2,(H,24,27)(H,26,32)(H,23,25,28). The van der Waals surface area contributed by atoms with E-state index in [0.717, 1.165) is 41.3 Å². The highest BCUT2D eigenvalue weighted by molar-refractivity contribution is 9.10. The molecule has 1 aliphatic rings. The molecule has 0 atom stereocenters. The van der Waals surface area contributed by atoms with E-state index in [0.29, 0.717) is 21.5 Å². The monoisotopic (exact) mass is 528 g/mol. The average Bonchev–Trinajstić information content (AvgIpc) is 3.58. The Morgan fingerprint density at radius 2 is 2.00 bits per heavy atom. The van der Waals surface area contributed by atoms with Crippen LogP contribution in [-0.4, -0.2) is 54.8 Å². The maximum atomic E-state index is 12.8. The van der Waals surface area contributed by atoms with E-state index in [4.69, 9.17) is 0 Å². The average molecular weight is 529 g/mol. The number of carbonyl (C=O) groups is 2. The second-order valence-corrected chi connectivity index (χ2v) is 9.59. The molecule has 4 heterocycles. The number of aromatic amines is 1. The lowest BCUT2D eigenvalue weighted by Gasteiger charge is -2.26. The summed E-state index contributed by atoms with van der Waals surface area (Å²) >= 11 is 4.70. The van der Waals surface area contributed by atoms with Crippen molar-refractivity contribution < 1.29 is 9.59 Å². The second-order valence-electron chi connectivity index (χ2n) is 7.70. The number of rotatable bonds is 6. The molecule has 0 bridgehead atoms. The molecule has 3 N–H and O–H groups in total. The number of aromatic nitrogens is 5. The number of piperidine rings is 1. The van der Waals surface area contributed by atoms with Crippen molar-refractivity contribution in [1.29, 1.82) is 0 Å². The maximum absolute atomic E-state index is 12.8. The lowest BCUT2D eigenvalue weighted by atomic mass is 10.1. The largest absolute Gasteiger partial charge is 0.341 e. The van der Waals surface area contributed by atoms with E-state index in [1.165, 1.54) is 24.0 Å². The van der Waals surface area contributed by atoms with E-state index in [9.17, 15) is 9.59 Å². The van der Waals surface area contributed by atoms with Gasteiger partial charge < -0.3 is 15.5 Å². The molecule has 0 spiro atoms. The fraction of sp³-hybridized carbons (Fsp3) is 0.286. The Balaban J connectivity index is 1.22. The van der Waals surface area contributed by atoms with Gasteiger partial charge in [0, 0.05) is 35.2 Å². The van der Waals surface area contributed by atoms with Crippen molar-refractivity contribution in [2.75, 3.05) is 23.7 Å². The van der Waals surface area contributed by atoms with E-state index in [-0.39, 0.29) is 18.4 Å². The van der Waals surface area contributed by atoms with Gasteiger partial charge in [0.15, 0.2) is 10.9 Å². The Kier molecular flexibility index (Phi) is 6.09. The number of H-pyrrole nitrogens is 1. The highest BCUT2D eigenvalue weighted by Crippen LogP contribution is 2.31. The third-order valence-corrected chi connectivity index (χ3v) is 7.00. The maximum Gasteiger partial charge on any atom is 0.267 e. The first-order valence-electron chi connectivity index (χ1n) is 10.5. The molecule has 4 aromatic rings. The van der Waals surface area contributed by atoms with Crippen molar-refractivity contribution in [3.05, 3.63) is 46.1 Å². The quantitative estimate of drug-likeness (QED) is 0.348. The van der Waals surface area contributed by atoms with Crippen molar-refractivity contribution in [3.63, 3.8) is 0 Å².